The third kappa shape index (κ3) is 3.87. The lowest BCUT2D eigenvalue weighted by molar-refractivity contribution is -0.385. The summed E-state index contributed by atoms with van der Waals surface area (Å²) in [6.07, 6.45) is 2.42. The average molecular weight is 329 g/mol. The van der Waals surface area contributed by atoms with Crippen LogP contribution in [0.1, 0.15) is 35.5 Å². The summed E-state index contributed by atoms with van der Waals surface area (Å²) in [7, 11) is 1.84. The van der Waals surface area contributed by atoms with Crippen molar-refractivity contribution in [1.82, 2.24) is 9.78 Å². The van der Waals surface area contributed by atoms with Gasteiger partial charge in [0.2, 0.25) is 0 Å². The number of esters is 1. The van der Waals surface area contributed by atoms with E-state index in [1.54, 1.807) is 29.8 Å². The highest BCUT2D eigenvalue weighted by Crippen LogP contribution is 2.22. The summed E-state index contributed by atoms with van der Waals surface area (Å²) in [5, 5.41) is 15.1. The van der Waals surface area contributed by atoms with Crippen LogP contribution in [-0.2, 0) is 16.6 Å². The van der Waals surface area contributed by atoms with Crippen molar-refractivity contribution >= 4 is 17.7 Å². The van der Waals surface area contributed by atoms with E-state index in [-0.39, 0.29) is 5.69 Å². The third-order valence-corrected chi connectivity index (χ3v) is 3.79. The lowest BCUT2D eigenvalue weighted by atomic mass is 10.1. The zero-order valence-electron chi connectivity index (χ0n) is 14.0. The molecule has 0 aliphatic rings. The number of non-ortho nitro benzene ring substituents is 1. The first-order chi connectivity index (χ1) is 11.3. The Labute approximate surface area is 139 Å². The lowest BCUT2D eigenvalue weighted by Gasteiger charge is -2.11. The molecule has 1 aromatic carbocycles. The fourth-order valence-corrected chi connectivity index (χ4v) is 2.36. The van der Waals surface area contributed by atoms with Crippen molar-refractivity contribution in [2.24, 2.45) is 7.05 Å². The van der Waals surface area contributed by atoms with E-state index in [0.29, 0.717) is 5.56 Å². The van der Waals surface area contributed by atoms with Gasteiger partial charge in [-0.15, -0.1) is 0 Å². The topological polar surface area (TPSA) is 87.3 Å². The Morgan fingerprint density at radius 3 is 2.71 bits per heavy atom. The van der Waals surface area contributed by atoms with Crippen molar-refractivity contribution in [1.29, 1.82) is 0 Å². The van der Waals surface area contributed by atoms with Crippen LogP contribution in [0.25, 0.3) is 6.08 Å². The molecular formula is C17H19N3O4. The Kier molecular flexibility index (Phi) is 5.13. The summed E-state index contributed by atoms with van der Waals surface area (Å²) < 4.78 is 7.05. The summed E-state index contributed by atoms with van der Waals surface area (Å²) in [5.74, 6) is -0.517. The molecule has 126 valence electrons. The predicted octanol–water partition coefficient (Wildman–Crippen LogP) is 3.26. The molecule has 0 N–H and O–H groups in total. The van der Waals surface area contributed by atoms with Crippen LogP contribution >= 0.6 is 0 Å². The maximum Gasteiger partial charge on any atom is 0.331 e. The Bertz CT molecular complexity index is 808. The highest BCUT2D eigenvalue weighted by atomic mass is 16.6. The summed E-state index contributed by atoms with van der Waals surface area (Å²) in [6.45, 7) is 5.45. The van der Waals surface area contributed by atoms with Crippen molar-refractivity contribution in [3.63, 3.8) is 0 Å². The van der Waals surface area contributed by atoms with E-state index in [9.17, 15) is 14.9 Å². The Balaban J connectivity index is 2.08. The van der Waals surface area contributed by atoms with Crippen LogP contribution < -0.4 is 0 Å². The van der Waals surface area contributed by atoms with E-state index < -0.39 is 17.0 Å². The monoisotopic (exact) mass is 329 g/mol. The molecule has 0 spiro atoms. The average Bonchev–Trinajstić information content (AvgIpc) is 2.78. The van der Waals surface area contributed by atoms with Crippen LogP contribution in [0.2, 0.25) is 0 Å². The summed E-state index contributed by atoms with van der Waals surface area (Å²) >= 11 is 0. The van der Waals surface area contributed by atoms with Crippen molar-refractivity contribution < 1.29 is 14.5 Å². The molecule has 0 amide bonds. The minimum Gasteiger partial charge on any atom is -0.455 e. The molecule has 1 heterocycles. The molecule has 2 aromatic rings. The molecule has 0 fully saturated rings. The van der Waals surface area contributed by atoms with Crippen LogP contribution in [0.15, 0.2) is 30.3 Å². The normalized spacial score (nSPS) is 12.3. The Hall–Kier alpha value is -2.96. The molecule has 0 aliphatic heterocycles. The van der Waals surface area contributed by atoms with Gasteiger partial charge in [-0.2, -0.15) is 5.10 Å². The molecule has 0 saturated heterocycles. The molecule has 2 rings (SSSR count). The first-order valence-electron chi connectivity index (χ1n) is 7.43. The van der Waals surface area contributed by atoms with Gasteiger partial charge in [0.1, 0.15) is 6.10 Å². The lowest BCUT2D eigenvalue weighted by Crippen LogP contribution is -2.06. The van der Waals surface area contributed by atoms with Gasteiger partial charge >= 0.3 is 5.97 Å². The molecule has 7 nitrogen and oxygen atoms in total. The van der Waals surface area contributed by atoms with Crippen LogP contribution in [0.4, 0.5) is 5.69 Å². The van der Waals surface area contributed by atoms with Crippen LogP contribution in [0, 0.1) is 24.0 Å². The third-order valence-electron chi connectivity index (χ3n) is 3.79. The van der Waals surface area contributed by atoms with E-state index in [1.165, 1.54) is 18.2 Å². The number of hydrogen-bond acceptors (Lipinski definition) is 5. The van der Waals surface area contributed by atoms with Gasteiger partial charge in [-0.1, -0.05) is 12.1 Å². The number of ether oxygens (including phenoxy) is 1. The van der Waals surface area contributed by atoms with Crippen molar-refractivity contribution in [2.45, 2.75) is 26.9 Å². The second kappa shape index (κ2) is 7.08. The number of aromatic nitrogens is 2. The van der Waals surface area contributed by atoms with Gasteiger partial charge in [-0.3, -0.25) is 14.8 Å². The van der Waals surface area contributed by atoms with Crippen molar-refractivity contribution in [2.75, 3.05) is 0 Å². The summed E-state index contributed by atoms with van der Waals surface area (Å²) in [5.41, 5.74) is 3.18. The van der Waals surface area contributed by atoms with E-state index in [2.05, 4.69) is 5.10 Å². The van der Waals surface area contributed by atoms with E-state index in [4.69, 9.17) is 4.74 Å². The van der Waals surface area contributed by atoms with Gasteiger partial charge < -0.3 is 4.74 Å². The number of carbonyl (C=O) groups is 1. The van der Waals surface area contributed by atoms with Gasteiger partial charge in [0.25, 0.3) is 5.69 Å². The minimum absolute atomic E-state index is 0.0347. The first-order valence-corrected chi connectivity index (χ1v) is 7.43. The summed E-state index contributed by atoms with van der Waals surface area (Å²) in [4.78, 5) is 22.3. The molecule has 24 heavy (non-hydrogen) atoms. The molecule has 0 aliphatic carbocycles. The van der Waals surface area contributed by atoms with Gasteiger partial charge in [0.15, 0.2) is 0 Å². The van der Waals surface area contributed by atoms with Crippen LogP contribution in [0.3, 0.4) is 0 Å². The van der Waals surface area contributed by atoms with E-state index in [1.807, 2.05) is 20.9 Å². The quantitative estimate of drug-likeness (QED) is 0.364. The molecule has 0 radical (unpaired) electrons. The molecule has 1 aromatic heterocycles. The predicted molar refractivity (Wildman–Crippen MR) is 89.3 cm³/mol. The van der Waals surface area contributed by atoms with Crippen molar-refractivity contribution in [3.8, 4) is 0 Å². The first kappa shape index (κ1) is 17.4. The van der Waals surface area contributed by atoms with Crippen LogP contribution in [0.5, 0.6) is 0 Å². The number of nitro benzene ring substituents is 1. The van der Waals surface area contributed by atoms with Gasteiger partial charge in [0.05, 0.1) is 10.6 Å². The number of carbonyl (C=O) groups excluding carboxylic acids is 1. The molecule has 1 atom stereocenters. The van der Waals surface area contributed by atoms with Gasteiger partial charge in [0, 0.05) is 36.5 Å². The number of nitro groups is 1. The SMILES string of the molecule is Cc1nn(C)c(C)c1/C=C/C(=O)O[C@@H](C)c1cccc([N+](=O)[O-])c1. The van der Waals surface area contributed by atoms with Gasteiger partial charge in [-0.25, -0.2) is 4.79 Å². The number of aryl methyl sites for hydroxylation is 2. The Morgan fingerprint density at radius 2 is 2.12 bits per heavy atom. The number of rotatable bonds is 5. The van der Waals surface area contributed by atoms with Crippen LogP contribution in [-0.4, -0.2) is 20.7 Å². The highest BCUT2D eigenvalue weighted by molar-refractivity contribution is 5.87. The second-order valence-corrected chi connectivity index (χ2v) is 5.47. The Morgan fingerprint density at radius 1 is 1.42 bits per heavy atom. The zero-order valence-corrected chi connectivity index (χ0v) is 14.0. The summed E-state index contributed by atoms with van der Waals surface area (Å²) in [6, 6.07) is 6.04. The van der Waals surface area contributed by atoms with E-state index >= 15 is 0 Å². The van der Waals surface area contributed by atoms with Crippen molar-refractivity contribution in [3.05, 3.63) is 63.0 Å². The fourth-order valence-electron chi connectivity index (χ4n) is 2.36. The fraction of sp³-hybridized carbons (Fsp3) is 0.294. The zero-order chi connectivity index (χ0) is 17.9. The largest absolute Gasteiger partial charge is 0.455 e. The van der Waals surface area contributed by atoms with Gasteiger partial charge in [-0.05, 0) is 32.4 Å². The second-order valence-electron chi connectivity index (χ2n) is 5.47. The smallest absolute Gasteiger partial charge is 0.331 e. The number of hydrogen-bond donors (Lipinski definition) is 0. The highest BCUT2D eigenvalue weighted by Gasteiger charge is 2.14. The standard InChI is InChI=1S/C17H19N3O4/c1-11-16(12(2)19(4)18-11)8-9-17(21)24-13(3)14-6-5-7-15(10-14)20(22)23/h5-10,13H,1-4H3/b9-8+/t13-/m0/s1. The minimum atomic E-state index is -0.585. The number of benzene rings is 1. The maximum absolute atomic E-state index is 12.0. The molecule has 0 unspecified atom stereocenters. The number of nitrogens with zero attached hydrogens (tertiary/aromatic N) is 3. The molecular weight excluding hydrogens is 310 g/mol. The molecule has 0 saturated carbocycles. The van der Waals surface area contributed by atoms with E-state index in [0.717, 1.165) is 17.0 Å². The molecule has 7 heteroatoms. The maximum atomic E-state index is 12.0. The molecule has 0 bridgehead atoms.